The maximum atomic E-state index is 13.2. The smallest absolute Gasteiger partial charge is 0.256 e. The summed E-state index contributed by atoms with van der Waals surface area (Å²) in [7, 11) is 0. The van der Waals surface area contributed by atoms with Gasteiger partial charge in [-0.15, -0.1) is 23.5 Å². The maximum absolute atomic E-state index is 13.2. The Morgan fingerprint density at radius 2 is 2.08 bits per heavy atom. The molecular weight excluding hydrogens is 432 g/mol. The molecule has 1 atom stereocenters. The van der Waals surface area contributed by atoms with E-state index in [1.165, 1.54) is 0 Å². The normalized spacial score (nSPS) is 17.1. The largest absolute Gasteiger partial charge is 0.492 e. The molecule has 4 nitrogen and oxygen atoms in total. The van der Waals surface area contributed by atoms with Crippen molar-refractivity contribution < 1.29 is 9.53 Å². The molecule has 1 saturated heterocycles. The highest BCUT2D eigenvalue weighted by molar-refractivity contribution is 9.09. The van der Waals surface area contributed by atoms with Crippen molar-refractivity contribution in [2.45, 2.75) is 44.2 Å². The predicted octanol–water partition coefficient (Wildman–Crippen LogP) is 4.79. The van der Waals surface area contributed by atoms with E-state index in [4.69, 9.17) is 10.5 Å². The lowest BCUT2D eigenvalue weighted by Gasteiger charge is -2.31. The van der Waals surface area contributed by atoms with E-state index < -0.39 is 0 Å². The number of anilines is 1. The van der Waals surface area contributed by atoms with Gasteiger partial charge in [0.05, 0.1) is 22.8 Å². The zero-order valence-corrected chi connectivity index (χ0v) is 19.0. The molecule has 1 aromatic carbocycles. The quantitative estimate of drug-likeness (QED) is 0.326. The number of hydrogen-bond donors (Lipinski definition) is 1. The Kier molecular flexibility index (Phi) is 8.97. The van der Waals surface area contributed by atoms with E-state index in [0.29, 0.717) is 22.4 Å². The van der Waals surface area contributed by atoms with Gasteiger partial charge in [0.25, 0.3) is 5.91 Å². The average molecular weight is 461 g/mol. The van der Waals surface area contributed by atoms with Crippen LogP contribution in [0.2, 0.25) is 0 Å². The third-order valence-corrected chi connectivity index (χ3v) is 7.54. The number of likely N-dealkylation sites (tertiary alicyclic amines) is 1. The summed E-state index contributed by atoms with van der Waals surface area (Å²) in [6, 6.07) is 3.95. The summed E-state index contributed by atoms with van der Waals surface area (Å²) in [6.45, 7) is 7.72. The number of rotatable bonds is 9. The summed E-state index contributed by atoms with van der Waals surface area (Å²) < 4.78 is 6.12. The Hall–Kier alpha value is -0.530. The lowest BCUT2D eigenvalue weighted by atomic mass is 10.1. The van der Waals surface area contributed by atoms with Crippen molar-refractivity contribution in [2.24, 2.45) is 0 Å². The first-order chi connectivity index (χ1) is 12.5. The predicted molar refractivity (Wildman–Crippen MR) is 119 cm³/mol. The molecule has 0 bridgehead atoms. The fraction of sp³-hybridized carbons (Fsp3) is 0.632. The second-order valence-electron chi connectivity index (χ2n) is 6.23. The number of alkyl halides is 1. The SMILES string of the molecule is CCSC(SCC)[C@@H]1CCCN1C(=O)c1cc(C)c(OCCBr)cc1N. The molecule has 0 unspecified atom stereocenters. The Balaban J connectivity index is 2.22. The van der Waals surface area contributed by atoms with Crippen LogP contribution < -0.4 is 10.5 Å². The van der Waals surface area contributed by atoms with Crippen molar-refractivity contribution in [3.8, 4) is 5.75 Å². The number of thioether (sulfide) groups is 2. The van der Waals surface area contributed by atoms with Gasteiger partial charge in [-0.1, -0.05) is 29.8 Å². The van der Waals surface area contributed by atoms with Crippen molar-refractivity contribution in [3.63, 3.8) is 0 Å². The number of amides is 1. The highest BCUT2D eigenvalue weighted by Crippen LogP contribution is 2.36. The van der Waals surface area contributed by atoms with Gasteiger partial charge in [-0.05, 0) is 42.9 Å². The molecule has 26 heavy (non-hydrogen) atoms. The van der Waals surface area contributed by atoms with Gasteiger partial charge in [0.2, 0.25) is 0 Å². The van der Waals surface area contributed by atoms with E-state index in [0.717, 1.165) is 47.5 Å². The number of nitrogens with two attached hydrogens (primary N) is 1. The van der Waals surface area contributed by atoms with Crippen molar-refractivity contribution in [2.75, 3.05) is 35.7 Å². The molecule has 146 valence electrons. The third-order valence-electron chi connectivity index (χ3n) is 4.45. The Bertz CT molecular complexity index is 609. The summed E-state index contributed by atoms with van der Waals surface area (Å²) in [4.78, 5) is 15.3. The number of halogens is 1. The van der Waals surface area contributed by atoms with Gasteiger partial charge in [0.15, 0.2) is 0 Å². The third kappa shape index (κ3) is 5.26. The highest BCUT2D eigenvalue weighted by atomic mass is 79.9. The van der Waals surface area contributed by atoms with Gasteiger partial charge in [-0.25, -0.2) is 0 Å². The summed E-state index contributed by atoms with van der Waals surface area (Å²) in [5, 5.41) is 0.758. The minimum absolute atomic E-state index is 0.0542. The summed E-state index contributed by atoms with van der Waals surface area (Å²) >= 11 is 7.25. The van der Waals surface area contributed by atoms with Crippen LogP contribution in [0.15, 0.2) is 12.1 Å². The van der Waals surface area contributed by atoms with Crippen molar-refractivity contribution in [1.82, 2.24) is 4.90 Å². The second-order valence-corrected chi connectivity index (χ2v) is 10.2. The average Bonchev–Trinajstić information content (AvgIpc) is 3.11. The molecule has 0 aromatic heterocycles. The van der Waals surface area contributed by atoms with Crippen molar-refractivity contribution in [3.05, 3.63) is 23.3 Å². The molecule has 1 aromatic rings. The van der Waals surface area contributed by atoms with Gasteiger partial charge < -0.3 is 15.4 Å². The number of carbonyl (C=O) groups is 1. The van der Waals surface area contributed by atoms with Gasteiger partial charge >= 0.3 is 0 Å². The second kappa shape index (κ2) is 10.7. The molecule has 0 radical (unpaired) electrons. The first-order valence-electron chi connectivity index (χ1n) is 9.16. The fourth-order valence-electron chi connectivity index (χ4n) is 3.27. The number of nitrogen functional groups attached to an aromatic ring is 1. The fourth-order valence-corrected chi connectivity index (χ4v) is 6.30. The Labute approximate surface area is 174 Å². The molecule has 1 fully saturated rings. The number of aryl methyl sites for hydroxylation is 1. The molecule has 1 heterocycles. The number of carbonyl (C=O) groups excluding carboxylic acids is 1. The van der Waals surface area contributed by atoms with E-state index in [-0.39, 0.29) is 11.9 Å². The molecule has 1 aliphatic rings. The summed E-state index contributed by atoms with van der Waals surface area (Å²) in [5.74, 6) is 2.93. The number of ether oxygens (including phenoxy) is 1. The minimum Gasteiger partial charge on any atom is -0.492 e. The monoisotopic (exact) mass is 460 g/mol. The molecular formula is C19H29BrN2O2S2. The zero-order valence-electron chi connectivity index (χ0n) is 15.8. The van der Waals surface area contributed by atoms with Crippen LogP contribution in [0.1, 0.15) is 42.6 Å². The van der Waals surface area contributed by atoms with Crippen molar-refractivity contribution in [1.29, 1.82) is 0 Å². The topological polar surface area (TPSA) is 55.6 Å². The molecule has 0 aliphatic carbocycles. The summed E-state index contributed by atoms with van der Waals surface area (Å²) in [6.07, 6.45) is 2.13. The molecule has 1 aliphatic heterocycles. The lowest BCUT2D eigenvalue weighted by molar-refractivity contribution is 0.0747. The standard InChI is InChI=1S/C19H29BrN2O2S2/c1-4-25-19(26-5-2)16-7-6-9-22(16)18(23)14-11-13(3)17(12-15(14)21)24-10-8-20/h11-12,16,19H,4-10,21H2,1-3H3/t16-/m0/s1. The molecule has 0 saturated carbocycles. The molecule has 7 heteroatoms. The van der Waals surface area contributed by atoms with Crippen LogP contribution in [0.3, 0.4) is 0 Å². The molecule has 1 amide bonds. The van der Waals surface area contributed by atoms with Crippen molar-refractivity contribution >= 4 is 51.0 Å². The van der Waals surface area contributed by atoms with Gasteiger partial charge in [0.1, 0.15) is 5.75 Å². The van der Waals surface area contributed by atoms with E-state index in [2.05, 4.69) is 29.8 Å². The molecule has 0 spiro atoms. The highest BCUT2D eigenvalue weighted by Gasteiger charge is 2.36. The maximum Gasteiger partial charge on any atom is 0.256 e. The first kappa shape index (κ1) is 21.8. The van der Waals surface area contributed by atoms with Crippen LogP contribution in [0, 0.1) is 6.92 Å². The Morgan fingerprint density at radius 3 is 2.69 bits per heavy atom. The van der Waals surface area contributed by atoms with Crippen LogP contribution >= 0.6 is 39.5 Å². The van der Waals surface area contributed by atoms with E-state index >= 15 is 0 Å². The minimum atomic E-state index is 0.0542. The van der Waals surface area contributed by atoms with E-state index in [1.54, 1.807) is 6.07 Å². The van der Waals surface area contributed by atoms with Crippen LogP contribution in [-0.4, -0.2) is 51.4 Å². The van der Waals surface area contributed by atoms with Crippen LogP contribution in [0.4, 0.5) is 5.69 Å². The Morgan fingerprint density at radius 1 is 1.38 bits per heavy atom. The summed E-state index contributed by atoms with van der Waals surface area (Å²) in [5.41, 5.74) is 8.26. The molecule has 2 rings (SSSR count). The van der Waals surface area contributed by atoms with Gasteiger partial charge in [-0.3, -0.25) is 4.79 Å². The van der Waals surface area contributed by atoms with E-state index in [1.807, 2.05) is 41.4 Å². The van der Waals surface area contributed by atoms with Crippen LogP contribution in [0.5, 0.6) is 5.75 Å². The van der Waals surface area contributed by atoms with E-state index in [9.17, 15) is 4.79 Å². The first-order valence-corrected chi connectivity index (χ1v) is 12.4. The van der Waals surface area contributed by atoms with Crippen LogP contribution in [-0.2, 0) is 0 Å². The number of benzene rings is 1. The van der Waals surface area contributed by atoms with Gasteiger partial charge in [-0.2, -0.15) is 0 Å². The number of hydrogen-bond acceptors (Lipinski definition) is 5. The lowest BCUT2D eigenvalue weighted by Crippen LogP contribution is -2.41. The van der Waals surface area contributed by atoms with Crippen LogP contribution in [0.25, 0.3) is 0 Å². The van der Waals surface area contributed by atoms with Gasteiger partial charge in [0, 0.05) is 23.6 Å². The number of nitrogens with zero attached hydrogens (tertiary/aromatic N) is 1. The molecule has 2 N–H and O–H groups in total. The zero-order chi connectivity index (χ0) is 19.1.